The summed E-state index contributed by atoms with van der Waals surface area (Å²) in [5, 5.41) is 2.73. The zero-order valence-corrected chi connectivity index (χ0v) is 20.0. The summed E-state index contributed by atoms with van der Waals surface area (Å²) >= 11 is 0. The van der Waals surface area contributed by atoms with Crippen LogP contribution in [0.3, 0.4) is 0 Å². The predicted molar refractivity (Wildman–Crippen MR) is 130 cm³/mol. The van der Waals surface area contributed by atoms with Crippen LogP contribution in [0, 0.1) is 6.92 Å². The molecule has 34 heavy (non-hydrogen) atoms. The van der Waals surface area contributed by atoms with E-state index < -0.39 is 28.4 Å². The molecule has 1 N–H and O–H groups in total. The molecule has 1 amide bonds. The Balaban J connectivity index is 1.86. The monoisotopic (exact) mass is 482 g/mol. The number of carbonyl (C=O) groups is 2. The van der Waals surface area contributed by atoms with E-state index in [0.717, 1.165) is 4.31 Å². The standard InChI is InChI=1S/C25H26N2O6S/c1-4-33-25(29)19-10-15-23(18(2)16-19)26-24(28)17-27(20-8-6-5-7-9-20)34(30,31)22-13-11-21(32-3)12-14-22/h5-16H,4,17H2,1-3H3,(H,26,28). The molecule has 0 atom stereocenters. The van der Waals surface area contributed by atoms with E-state index in [1.807, 2.05) is 0 Å². The van der Waals surface area contributed by atoms with Gasteiger partial charge in [0.15, 0.2) is 0 Å². The third kappa shape index (κ3) is 5.74. The second-order valence-electron chi connectivity index (χ2n) is 7.32. The van der Waals surface area contributed by atoms with Crippen molar-refractivity contribution in [3.8, 4) is 5.75 Å². The maximum atomic E-state index is 13.4. The van der Waals surface area contributed by atoms with Gasteiger partial charge in [-0.05, 0) is 74.0 Å². The number of hydrogen-bond donors (Lipinski definition) is 1. The SMILES string of the molecule is CCOC(=O)c1ccc(NC(=O)CN(c2ccccc2)S(=O)(=O)c2ccc(OC)cc2)c(C)c1. The molecule has 0 bridgehead atoms. The van der Waals surface area contributed by atoms with E-state index in [4.69, 9.17) is 9.47 Å². The maximum Gasteiger partial charge on any atom is 0.338 e. The largest absolute Gasteiger partial charge is 0.497 e. The third-order valence-corrected chi connectivity index (χ3v) is 6.78. The average Bonchev–Trinajstić information content (AvgIpc) is 2.84. The number of benzene rings is 3. The first-order valence-corrected chi connectivity index (χ1v) is 12.0. The van der Waals surface area contributed by atoms with Gasteiger partial charge in [0, 0.05) is 5.69 Å². The van der Waals surface area contributed by atoms with Crippen LogP contribution in [0.4, 0.5) is 11.4 Å². The Morgan fingerprint density at radius 3 is 2.24 bits per heavy atom. The summed E-state index contributed by atoms with van der Waals surface area (Å²) in [6, 6.07) is 19.1. The number of rotatable bonds is 9. The van der Waals surface area contributed by atoms with Crippen molar-refractivity contribution >= 4 is 33.3 Å². The van der Waals surface area contributed by atoms with E-state index in [9.17, 15) is 18.0 Å². The lowest BCUT2D eigenvalue weighted by Gasteiger charge is -2.24. The molecule has 0 unspecified atom stereocenters. The summed E-state index contributed by atoms with van der Waals surface area (Å²) < 4.78 is 38.0. The Morgan fingerprint density at radius 2 is 1.65 bits per heavy atom. The van der Waals surface area contributed by atoms with Gasteiger partial charge in [-0.25, -0.2) is 13.2 Å². The van der Waals surface area contributed by atoms with Crippen molar-refractivity contribution in [1.29, 1.82) is 0 Å². The molecule has 0 saturated carbocycles. The Morgan fingerprint density at radius 1 is 0.971 bits per heavy atom. The zero-order valence-electron chi connectivity index (χ0n) is 19.1. The lowest BCUT2D eigenvalue weighted by molar-refractivity contribution is -0.114. The molecule has 0 heterocycles. The Bertz CT molecular complexity index is 1260. The molecule has 0 spiro atoms. The summed E-state index contributed by atoms with van der Waals surface area (Å²) in [4.78, 5) is 24.9. The van der Waals surface area contributed by atoms with Gasteiger partial charge in [0.25, 0.3) is 10.0 Å². The molecule has 0 saturated heterocycles. The number of anilines is 2. The molecule has 0 aliphatic carbocycles. The predicted octanol–water partition coefficient (Wildman–Crippen LogP) is 4.01. The van der Waals surface area contributed by atoms with Gasteiger partial charge in [-0.15, -0.1) is 0 Å². The molecule has 3 rings (SSSR count). The zero-order chi connectivity index (χ0) is 24.7. The number of carbonyl (C=O) groups excluding carboxylic acids is 2. The van der Waals surface area contributed by atoms with Gasteiger partial charge >= 0.3 is 5.97 Å². The fourth-order valence-electron chi connectivity index (χ4n) is 3.25. The summed E-state index contributed by atoms with van der Waals surface area (Å²) in [7, 11) is -2.55. The van der Waals surface area contributed by atoms with Crippen molar-refractivity contribution in [2.45, 2.75) is 18.7 Å². The number of nitrogens with zero attached hydrogens (tertiary/aromatic N) is 1. The Labute approximate surface area is 199 Å². The lowest BCUT2D eigenvalue weighted by atomic mass is 10.1. The molecule has 0 aromatic heterocycles. The molecule has 0 aliphatic rings. The fraction of sp³-hybridized carbons (Fsp3) is 0.200. The first-order valence-electron chi connectivity index (χ1n) is 10.6. The summed E-state index contributed by atoms with van der Waals surface area (Å²) in [5.41, 5.74) is 1.82. The molecule has 3 aromatic rings. The fourth-order valence-corrected chi connectivity index (χ4v) is 4.67. The van der Waals surface area contributed by atoms with Gasteiger partial charge in [-0.1, -0.05) is 18.2 Å². The van der Waals surface area contributed by atoms with Crippen LogP contribution in [-0.4, -0.2) is 40.6 Å². The van der Waals surface area contributed by atoms with Crippen LogP contribution in [0.1, 0.15) is 22.8 Å². The van der Waals surface area contributed by atoms with E-state index >= 15 is 0 Å². The number of aryl methyl sites for hydroxylation is 1. The molecule has 9 heteroatoms. The quantitative estimate of drug-likeness (QED) is 0.462. The minimum atomic E-state index is -4.05. The summed E-state index contributed by atoms with van der Waals surface area (Å²) in [6.45, 7) is 3.27. The van der Waals surface area contributed by atoms with Crippen molar-refractivity contribution < 1.29 is 27.5 Å². The number of esters is 1. The molecular weight excluding hydrogens is 456 g/mol. The molecule has 0 fully saturated rings. The van der Waals surface area contributed by atoms with Crippen molar-refractivity contribution in [2.75, 3.05) is 29.9 Å². The van der Waals surface area contributed by atoms with Crippen LogP contribution in [-0.2, 0) is 19.6 Å². The molecule has 0 aliphatic heterocycles. The highest BCUT2D eigenvalue weighted by Gasteiger charge is 2.27. The van der Waals surface area contributed by atoms with E-state index in [-0.39, 0.29) is 11.5 Å². The van der Waals surface area contributed by atoms with Crippen LogP contribution < -0.4 is 14.4 Å². The van der Waals surface area contributed by atoms with Crippen LogP contribution in [0.25, 0.3) is 0 Å². The van der Waals surface area contributed by atoms with Gasteiger partial charge in [0.1, 0.15) is 12.3 Å². The van der Waals surface area contributed by atoms with Gasteiger partial charge in [0.05, 0.1) is 29.9 Å². The highest BCUT2D eigenvalue weighted by molar-refractivity contribution is 7.92. The summed E-state index contributed by atoms with van der Waals surface area (Å²) in [5.74, 6) is -0.470. The van der Waals surface area contributed by atoms with E-state index in [2.05, 4.69) is 5.32 Å². The highest BCUT2D eigenvalue weighted by atomic mass is 32.2. The number of ether oxygens (including phenoxy) is 2. The minimum absolute atomic E-state index is 0.0277. The van der Waals surface area contributed by atoms with E-state index in [0.29, 0.717) is 28.3 Å². The van der Waals surface area contributed by atoms with Crippen molar-refractivity contribution in [1.82, 2.24) is 0 Å². The molecular formula is C25H26N2O6S. The van der Waals surface area contributed by atoms with Crippen LogP contribution >= 0.6 is 0 Å². The number of nitrogens with one attached hydrogen (secondary N) is 1. The second-order valence-corrected chi connectivity index (χ2v) is 9.18. The molecule has 178 valence electrons. The summed E-state index contributed by atoms with van der Waals surface area (Å²) in [6.07, 6.45) is 0. The number of sulfonamides is 1. The van der Waals surface area contributed by atoms with Gasteiger partial charge in [0.2, 0.25) is 5.91 Å². The number of hydrogen-bond acceptors (Lipinski definition) is 6. The smallest absolute Gasteiger partial charge is 0.338 e. The molecule has 0 radical (unpaired) electrons. The number of amides is 1. The van der Waals surface area contributed by atoms with E-state index in [1.165, 1.54) is 19.2 Å². The molecule has 3 aromatic carbocycles. The number of methoxy groups -OCH3 is 1. The van der Waals surface area contributed by atoms with E-state index in [1.54, 1.807) is 74.5 Å². The van der Waals surface area contributed by atoms with Gasteiger partial charge < -0.3 is 14.8 Å². The second kappa shape index (κ2) is 10.8. The third-order valence-electron chi connectivity index (χ3n) is 4.99. The van der Waals surface area contributed by atoms with Gasteiger partial charge in [-0.3, -0.25) is 9.10 Å². The minimum Gasteiger partial charge on any atom is -0.497 e. The Kier molecular flexibility index (Phi) is 7.91. The van der Waals surface area contributed by atoms with Gasteiger partial charge in [-0.2, -0.15) is 0 Å². The maximum absolute atomic E-state index is 13.4. The lowest BCUT2D eigenvalue weighted by Crippen LogP contribution is -2.38. The van der Waals surface area contributed by atoms with Crippen LogP contribution in [0.5, 0.6) is 5.75 Å². The van der Waals surface area contributed by atoms with Crippen LogP contribution in [0.2, 0.25) is 0 Å². The number of para-hydroxylation sites is 1. The first-order chi connectivity index (χ1) is 16.3. The Hall–Kier alpha value is -3.85. The molecule has 8 nitrogen and oxygen atoms in total. The topological polar surface area (TPSA) is 102 Å². The van der Waals surface area contributed by atoms with Crippen molar-refractivity contribution in [2.24, 2.45) is 0 Å². The first kappa shape index (κ1) is 24.8. The highest BCUT2D eigenvalue weighted by Crippen LogP contribution is 2.25. The van der Waals surface area contributed by atoms with Crippen molar-refractivity contribution in [3.05, 3.63) is 83.9 Å². The van der Waals surface area contributed by atoms with Crippen LogP contribution in [0.15, 0.2) is 77.7 Å². The average molecular weight is 483 g/mol. The van der Waals surface area contributed by atoms with Crippen molar-refractivity contribution in [3.63, 3.8) is 0 Å². The normalized spacial score (nSPS) is 10.9.